The van der Waals surface area contributed by atoms with Crippen molar-refractivity contribution in [2.24, 2.45) is 0 Å². The highest BCUT2D eigenvalue weighted by molar-refractivity contribution is 7.91. The molecule has 0 spiro atoms. The molecule has 11 heteroatoms. The number of sulfone groups is 1. The number of carbonyl (C=O) groups excluding carboxylic acids is 1. The number of nitrogens with zero attached hydrogens (tertiary/aromatic N) is 4. The molecule has 1 aromatic rings. The molecule has 4 heterocycles. The van der Waals surface area contributed by atoms with Gasteiger partial charge in [-0.05, 0) is 27.2 Å². The van der Waals surface area contributed by atoms with Crippen LogP contribution >= 0.6 is 0 Å². The number of hydrogen-bond acceptors (Lipinski definition) is 9. The Bertz CT molecular complexity index is 966. The molecular weight excluding hydrogens is 412 g/mol. The minimum absolute atomic E-state index is 0.0212. The van der Waals surface area contributed by atoms with Gasteiger partial charge in [0.2, 0.25) is 5.82 Å². The minimum atomic E-state index is -3.58. The van der Waals surface area contributed by atoms with Crippen molar-refractivity contribution in [2.75, 3.05) is 44.1 Å². The number of aliphatic hydroxyl groups is 1. The van der Waals surface area contributed by atoms with Crippen LogP contribution in [0.2, 0.25) is 0 Å². The maximum Gasteiger partial charge on any atom is 0.291 e. The van der Waals surface area contributed by atoms with Gasteiger partial charge in [0.05, 0.1) is 31.4 Å². The molecule has 4 rings (SSSR count). The van der Waals surface area contributed by atoms with Crippen LogP contribution in [0.1, 0.15) is 43.5 Å². The normalized spacial score (nSPS) is 26.8. The van der Waals surface area contributed by atoms with E-state index in [1.807, 2.05) is 11.8 Å². The first-order valence-corrected chi connectivity index (χ1v) is 12.0. The lowest BCUT2D eigenvalue weighted by molar-refractivity contribution is 0.0480. The van der Waals surface area contributed by atoms with E-state index >= 15 is 0 Å². The van der Waals surface area contributed by atoms with Gasteiger partial charge < -0.3 is 24.4 Å². The van der Waals surface area contributed by atoms with Gasteiger partial charge in [0, 0.05) is 19.3 Å². The van der Waals surface area contributed by atoms with Crippen LogP contribution < -0.4 is 9.64 Å². The average molecular weight is 441 g/mol. The molecule has 0 aromatic carbocycles. The van der Waals surface area contributed by atoms with Gasteiger partial charge in [-0.15, -0.1) is 0 Å². The molecule has 3 aliphatic heterocycles. The highest BCUT2D eigenvalue weighted by atomic mass is 32.2. The van der Waals surface area contributed by atoms with E-state index in [-0.39, 0.29) is 30.1 Å². The van der Waals surface area contributed by atoms with Gasteiger partial charge in [-0.1, -0.05) is 0 Å². The number of carbonyl (C=O) groups is 1. The van der Waals surface area contributed by atoms with Crippen LogP contribution in [0.4, 0.5) is 5.82 Å². The highest BCUT2D eigenvalue weighted by Crippen LogP contribution is 2.43. The SMILES string of the molecule is CC1COCC2COc3c(nc(C(=O)N4CC[C@H](O)C4)nc3C(C)(C)S(C)(=O)=O)N12. The fourth-order valence-corrected chi connectivity index (χ4v) is 4.57. The zero-order valence-electron chi connectivity index (χ0n) is 17.7. The molecule has 3 atom stereocenters. The lowest BCUT2D eigenvalue weighted by Gasteiger charge is -2.45. The largest absolute Gasteiger partial charge is 0.486 e. The van der Waals surface area contributed by atoms with Gasteiger partial charge >= 0.3 is 0 Å². The second kappa shape index (κ2) is 7.31. The molecule has 166 valence electrons. The third-order valence-electron chi connectivity index (χ3n) is 6.19. The number of likely N-dealkylation sites (tertiary alicyclic amines) is 1. The van der Waals surface area contributed by atoms with E-state index in [2.05, 4.69) is 9.97 Å². The Balaban J connectivity index is 1.88. The predicted molar refractivity (Wildman–Crippen MR) is 108 cm³/mol. The zero-order chi connectivity index (χ0) is 21.8. The van der Waals surface area contributed by atoms with Gasteiger partial charge in [-0.25, -0.2) is 18.4 Å². The van der Waals surface area contributed by atoms with Crippen LogP contribution in [-0.4, -0.2) is 91.7 Å². The molecule has 0 aliphatic carbocycles. The molecule has 1 N–H and O–H groups in total. The Morgan fingerprint density at radius 1 is 1.23 bits per heavy atom. The molecule has 30 heavy (non-hydrogen) atoms. The van der Waals surface area contributed by atoms with Gasteiger partial charge in [0.1, 0.15) is 17.0 Å². The molecular formula is C19H28N4O6S. The van der Waals surface area contributed by atoms with Crippen LogP contribution in [0, 0.1) is 0 Å². The summed E-state index contributed by atoms with van der Waals surface area (Å²) in [5.74, 6) is 0.209. The van der Waals surface area contributed by atoms with Crippen molar-refractivity contribution < 1.29 is 27.8 Å². The number of rotatable bonds is 3. The second-order valence-corrected chi connectivity index (χ2v) is 11.3. The van der Waals surface area contributed by atoms with Gasteiger partial charge in [-0.3, -0.25) is 4.79 Å². The fraction of sp³-hybridized carbons (Fsp3) is 0.737. The number of hydrogen-bond donors (Lipinski definition) is 1. The smallest absolute Gasteiger partial charge is 0.291 e. The van der Waals surface area contributed by atoms with E-state index in [4.69, 9.17) is 9.47 Å². The first kappa shape index (κ1) is 21.3. The summed E-state index contributed by atoms with van der Waals surface area (Å²) >= 11 is 0. The number of aromatic nitrogens is 2. The Kier molecular flexibility index (Phi) is 5.18. The average Bonchev–Trinajstić information content (AvgIpc) is 3.11. The van der Waals surface area contributed by atoms with Crippen LogP contribution in [0.3, 0.4) is 0 Å². The maximum absolute atomic E-state index is 13.1. The first-order valence-electron chi connectivity index (χ1n) is 10.1. The van der Waals surface area contributed by atoms with Crippen LogP contribution in [0.25, 0.3) is 0 Å². The first-order chi connectivity index (χ1) is 14.0. The lowest BCUT2D eigenvalue weighted by Crippen LogP contribution is -2.56. The summed E-state index contributed by atoms with van der Waals surface area (Å²) in [7, 11) is -3.58. The van der Waals surface area contributed by atoms with E-state index in [1.54, 1.807) is 13.8 Å². The van der Waals surface area contributed by atoms with Gasteiger partial charge in [0.15, 0.2) is 21.4 Å². The molecule has 0 saturated carbocycles. The minimum Gasteiger partial charge on any atom is -0.486 e. The second-order valence-electron chi connectivity index (χ2n) is 8.78. The van der Waals surface area contributed by atoms with Crippen LogP contribution in [-0.2, 0) is 19.3 Å². The Morgan fingerprint density at radius 2 is 1.97 bits per heavy atom. The van der Waals surface area contributed by atoms with E-state index in [9.17, 15) is 18.3 Å². The van der Waals surface area contributed by atoms with Crippen molar-refractivity contribution in [1.29, 1.82) is 0 Å². The molecule has 0 radical (unpaired) electrons. The number of anilines is 1. The summed E-state index contributed by atoms with van der Waals surface area (Å²) in [5, 5.41) is 9.81. The molecule has 2 unspecified atom stereocenters. The molecule has 1 aromatic heterocycles. The third-order valence-corrected chi connectivity index (χ3v) is 8.24. The summed E-state index contributed by atoms with van der Waals surface area (Å²) < 4.78 is 35.4. The Hall–Kier alpha value is -1.98. The van der Waals surface area contributed by atoms with Crippen molar-refractivity contribution >= 4 is 21.6 Å². The lowest BCUT2D eigenvalue weighted by atomic mass is 10.0. The van der Waals surface area contributed by atoms with Gasteiger partial charge in [-0.2, -0.15) is 0 Å². The molecule has 2 saturated heterocycles. The third kappa shape index (κ3) is 3.42. The van der Waals surface area contributed by atoms with Crippen molar-refractivity contribution in [3.8, 4) is 5.75 Å². The monoisotopic (exact) mass is 440 g/mol. The molecule has 2 fully saturated rings. The topological polar surface area (TPSA) is 122 Å². The van der Waals surface area contributed by atoms with E-state index in [0.717, 1.165) is 6.26 Å². The number of aliphatic hydroxyl groups excluding tert-OH is 1. The van der Waals surface area contributed by atoms with E-state index in [1.165, 1.54) is 4.90 Å². The van der Waals surface area contributed by atoms with Crippen LogP contribution in [0.5, 0.6) is 5.75 Å². The van der Waals surface area contributed by atoms with Gasteiger partial charge in [0.25, 0.3) is 5.91 Å². The number of β-amino-alcohol motifs (C(OH)–C–C–N with tert-alkyl or cyclic N) is 1. The number of ether oxygens (including phenoxy) is 2. The summed E-state index contributed by atoms with van der Waals surface area (Å²) in [6.45, 7) is 6.97. The summed E-state index contributed by atoms with van der Waals surface area (Å²) in [6.07, 6.45) is 1.05. The Morgan fingerprint density at radius 3 is 2.60 bits per heavy atom. The van der Waals surface area contributed by atoms with Crippen LogP contribution in [0.15, 0.2) is 0 Å². The molecule has 1 amide bonds. The standard InChI is InChI=1S/C19H28N4O6S/c1-11-8-28-9-12-10-29-14-15(19(2,3)30(4,26)27)20-16(21-17(14)23(11)12)18(25)22-6-5-13(24)7-22/h11-13,24H,5-10H2,1-4H3/t11?,12?,13-/m0/s1. The number of fused-ring (bicyclic) bond motifs is 3. The van der Waals surface area contributed by atoms with Crippen molar-refractivity contribution in [1.82, 2.24) is 14.9 Å². The number of amides is 1. The van der Waals surface area contributed by atoms with Crippen molar-refractivity contribution in [2.45, 2.75) is 50.1 Å². The summed E-state index contributed by atoms with van der Waals surface area (Å²) in [5.41, 5.74) is 0.176. The quantitative estimate of drug-likeness (QED) is 0.689. The predicted octanol–water partition coefficient (Wildman–Crippen LogP) is -0.0508. The molecule has 10 nitrogen and oxygen atoms in total. The van der Waals surface area contributed by atoms with E-state index in [0.29, 0.717) is 44.4 Å². The Labute approximate surface area is 176 Å². The highest BCUT2D eigenvalue weighted by Gasteiger charge is 2.44. The maximum atomic E-state index is 13.1. The summed E-state index contributed by atoms with van der Waals surface area (Å²) in [4.78, 5) is 25.6. The molecule has 0 bridgehead atoms. The molecule has 3 aliphatic rings. The number of morpholine rings is 1. The van der Waals surface area contributed by atoms with E-state index < -0.39 is 26.6 Å². The zero-order valence-corrected chi connectivity index (χ0v) is 18.5. The summed E-state index contributed by atoms with van der Waals surface area (Å²) in [6, 6.07) is -0.103. The fourth-order valence-electron chi connectivity index (χ4n) is 4.08. The van der Waals surface area contributed by atoms with Crippen molar-refractivity contribution in [3.63, 3.8) is 0 Å². The van der Waals surface area contributed by atoms with Crippen molar-refractivity contribution in [3.05, 3.63) is 11.5 Å².